The number of ether oxygens (including phenoxy) is 3. The van der Waals surface area contributed by atoms with Crippen LogP contribution in [-0.2, 0) is 19.0 Å². The Bertz CT molecular complexity index is 605. The van der Waals surface area contributed by atoms with Crippen molar-refractivity contribution in [2.45, 2.75) is 148 Å². The molecule has 0 amide bonds. The topological polar surface area (TPSA) is 44.8 Å². The largest absolute Gasteiger partial charge is 0.458 e. The van der Waals surface area contributed by atoms with Crippen LogP contribution < -0.4 is 0 Å². The van der Waals surface area contributed by atoms with E-state index in [-0.39, 0.29) is 28.7 Å². The molecule has 1 aliphatic heterocycles. The van der Waals surface area contributed by atoms with Gasteiger partial charge in [-0.3, -0.25) is 4.79 Å². The van der Waals surface area contributed by atoms with Gasteiger partial charge in [-0.1, -0.05) is 12.8 Å². The van der Waals surface area contributed by atoms with Crippen LogP contribution >= 0.6 is 0 Å². The van der Waals surface area contributed by atoms with Crippen LogP contribution in [0.15, 0.2) is 0 Å². The minimum Gasteiger partial charge on any atom is -0.458 e. The molecule has 4 nitrogen and oxygen atoms in total. The van der Waals surface area contributed by atoms with E-state index in [4.69, 9.17) is 14.2 Å². The molecular weight excluding hydrogens is 400 g/mol. The number of carbonyl (C=O) groups excluding carboxylic acids is 1. The molecule has 4 heteroatoms. The van der Waals surface area contributed by atoms with Gasteiger partial charge >= 0.3 is 5.97 Å². The molecule has 3 saturated carbocycles. The third kappa shape index (κ3) is 5.22. The summed E-state index contributed by atoms with van der Waals surface area (Å²) in [6, 6.07) is 0. The van der Waals surface area contributed by atoms with E-state index in [0.29, 0.717) is 30.0 Å². The molecule has 2 atom stereocenters. The molecule has 0 aromatic heterocycles. The van der Waals surface area contributed by atoms with Crippen LogP contribution in [0.3, 0.4) is 0 Å². The molecular formula is C28H48O4. The van der Waals surface area contributed by atoms with Gasteiger partial charge in [0.2, 0.25) is 0 Å². The Labute approximate surface area is 196 Å². The van der Waals surface area contributed by atoms with E-state index in [1.807, 2.05) is 0 Å². The molecule has 3 aliphatic carbocycles. The molecule has 2 unspecified atom stereocenters. The fraction of sp³-hybridized carbons (Fsp3) is 0.964. The lowest BCUT2D eigenvalue weighted by Crippen LogP contribution is -2.54. The van der Waals surface area contributed by atoms with E-state index in [1.54, 1.807) is 0 Å². The number of rotatable bonds is 4. The van der Waals surface area contributed by atoms with Crippen molar-refractivity contribution in [1.29, 1.82) is 0 Å². The Hall–Kier alpha value is -0.610. The van der Waals surface area contributed by atoms with Crippen molar-refractivity contribution >= 4 is 5.97 Å². The fourth-order valence-electron chi connectivity index (χ4n) is 7.65. The second-order valence-corrected chi connectivity index (χ2v) is 13.2. The van der Waals surface area contributed by atoms with Gasteiger partial charge in [-0.05, 0) is 118 Å². The van der Waals surface area contributed by atoms with Crippen LogP contribution in [0.2, 0.25) is 0 Å². The van der Waals surface area contributed by atoms with Crippen molar-refractivity contribution in [3.63, 3.8) is 0 Å². The molecule has 0 spiro atoms. The molecule has 0 aromatic rings. The molecule has 0 aromatic carbocycles. The van der Waals surface area contributed by atoms with Crippen molar-refractivity contribution in [3.05, 3.63) is 0 Å². The molecule has 32 heavy (non-hydrogen) atoms. The third-order valence-corrected chi connectivity index (χ3v) is 8.59. The van der Waals surface area contributed by atoms with Crippen molar-refractivity contribution in [2.75, 3.05) is 0 Å². The molecule has 1 heterocycles. The zero-order valence-electron chi connectivity index (χ0n) is 21.6. The summed E-state index contributed by atoms with van der Waals surface area (Å²) in [4.78, 5) is 13.1. The van der Waals surface area contributed by atoms with Crippen molar-refractivity contribution in [2.24, 2.45) is 23.7 Å². The highest BCUT2D eigenvalue weighted by atomic mass is 16.6. The first-order chi connectivity index (χ1) is 15.0. The fourth-order valence-corrected chi connectivity index (χ4v) is 7.65. The van der Waals surface area contributed by atoms with E-state index in [0.717, 1.165) is 57.8 Å². The van der Waals surface area contributed by atoms with Crippen molar-refractivity contribution < 1.29 is 19.0 Å². The average Bonchev–Trinajstić information content (AvgIpc) is 3.01. The van der Waals surface area contributed by atoms with Gasteiger partial charge in [-0.15, -0.1) is 0 Å². The maximum absolute atomic E-state index is 13.1. The first kappa shape index (κ1) is 24.5. The molecule has 4 rings (SSSR count). The molecule has 0 radical (unpaired) electrons. The quantitative estimate of drug-likeness (QED) is 0.442. The Morgan fingerprint density at radius 3 is 1.56 bits per heavy atom. The molecule has 184 valence electrons. The summed E-state index contributed by atoms with van der Waals surface area (Å²) in [7, 11) is 0. The first-order valence-corrected chi connectivity index (χ1v) is 13.6. The van der Waals surface area contributed by atoms with Crippen LogP contribution in [0.5, 0.6) is 0 Å². The molecule has 0 N–H and O–H groups in total. The van der Waals surface area contributed by atoms with Crippen LogP contribution in [0.1, 0.15) is 119 Å². The highest BCUT2D eigenvalue weighted by Crippen LogP contribution is 2.58. The Balaban J connectivity index is 1.51. The summed E-state index contributed by atoms with van der Waals surface area (Å²) in [5.74, 6) is 1.68. The maximum atomic E-state index is 13.1. The Morgan fingerprint density at radius 2 is 1.12 bits per heavy atom. The zero-order chi connectivity index (χ0) is 23.1. The molecule has 4 fully saturated rings. The average molecular weight is 449 g/mol. The summed E-state index contributed by atoms with van der Waals surface area (Å²) < 4.78 is 19.3. The number of cyclic esters (lactones) is 1. The Kier molecular flexibility index (Phi) is 7.05. The van der Waals surface area contributed by atoms with Crippen LogP contribution in [0.25, 0.3) is 0 Å². The van der Waals surface area contributed by atoms with Crippen LogP contribution in [0, 0.1) is 23.7 Å². The predicted octanol–water partition coefficient (Wildman–Crippen LogP) is 6.84. The summed E-state index contributed by atoms with van der Waals surface area (Å²) >= 11 is 0. The Morgan fingerprint density at radius 1 is 0.688 bits per heavy atom. The van der Waals surface area contributed by atoms with E-state index in [1.165, 1.54) is 19.3 Å². The summed E-state index contributed by atoms with van der Waals surface area (Å²) in [6.07, 6.45) is 14.3. The smallest absolute Gasteiger partial charge is 0.309 e. The maximum Gasteiger partial charge on any atom is 0.309 e. The van der Waals surface area contributed by atoms with Gasteiger partial charge in [0.05, 0.1) is 29.3 Å². The molecule has 4 aliphatic rings. The second-order valence-electron chi connectivity index (χ2n) is 13.2. The van der Waals surface area contributed by atoms with Crippen molar-refractivity contribution in [1.82, 2.24) is 0 Å². The second kappa shape index (κ2) is 9.21. The zero-order valence-corrected chi connectivity index (χ0v) is 21.6. The normalized spacial score (nSPS) is 41.2. The van der Waals surface area contributed by atoms with Gasteiger partial charge in [-0.25, -0.2) is 0 Å². The number of hydrogen-bond donors (Lipinski definition) is 0. The minimum atomic E-state index is -0.235. The highest BCUT2D eigenvalue weighted by molar-refractivity contribution is 5.76. The summed E-state index contributed by atoms with van der Waals surface area (Å²) in [5.41, 5.74) is -0.411. The van der Waals surface area contributed by atoms with Crippen LogP contribution in [-0.4, -0.2) is 35.0 Å². The SMILES string of the molecule is CC(C)(C)OC1CCC(C2(C3CCC(OC(C)(C)C)CC3)OC(=O)C3CCCCC32)CC1. The van der Waals surface area contributed by atoms with Crippen LogP contribution in [0.4, 0.5) is 0 Å². The number of fused-ring (bicyclic) bond motifs is 1. The third-order valence-electron chi connectivity index (χ3n) is 8.59. The van der Waals surface area contributed by atoms with E-state index < -0.39 is 0 Å². The van der Waals surface area contributed by atoms with E-state index in [2.05, 4.69) is 41.5 Å². The monoisotopic (exact) mass is 448 g/mol. The van der Waals surface area contributed by atoms with Crippen molar-refractivity contribution in [3.8, 4) is 0 Å². The van der Waals surface area contributed by atoms with E-state index in [9.17, 15) is 4.79 Å². The van der Waals surface area contributed by atoms with Gasteiger partial charge < -0.3 is 14.2 Å². The number of esters is 1. The van der Waals surface area contributed by atoms with Gasteiger partial charge in [0.1, 0.15) is 5.60 Å². The first-order valence-electron chi connectivity index (χ1n) is 13.6. The standard InChI is InChI=1S/C28H48O4/c1-26(2,3)30-21-15-11-19(12-16-21)28(24-10-8-7-9-23(24)25(29)32-28)20-13-17-22(18-14-20)31-27(4,5)6/h19-24H,7-18H2,1-6H3. The summed E-state index contributed by atoms with van der Waals surface area (Å²) in [6.45, 7) is 12.9. The molecule has 1 saturated heterocycles. The van der Waals surface area contributed by atoms with Gasteiger partial charge in [0.15, 0.2) is 0 Å². The number of hydrogen-bond acceptors (Lipinski definition) is 4. The van der Waals surface area contributed by atoms with Gasteiger partial charge in [0.25, 0.3) is 0 Å². The lowest BCUT2D eigenvalue weighted by molar-refractivity contribution is -0.177. The minimum absolute atomic E-state index is 0.0884. The number of carbonyl (C=O) groups is 1. The van der Waals surface area contributed by atoms with E-state index >= 15 is 0 Å². The lowest BCUT2D eigenvalue weighted by Gasteiger charge is -2.51. The summed E-state index contributed by atoms with van der Waals surface area (Å²) in [5, 5.41) is 0. The van der Waals surface area contributed by atoms with Gasteiger partial charge in [0, 0.05) is 5.92 Å². The molecule has 0 bridgehead atoms. The van der Waals surface area contributed by atoms with Gasteiger partial charge in [-0.2, -0.15) is 0 Å². The predicted molar refractivity (Wildman–Crippen MR) is 127 cm³/mol. The highest BCUT2D eigenvalue weighted by Gasteiger charge is 2.63. The lowest BCUT2D eigenvalue weighted by atomic mass is 9.57.